The average Bonchev–Trinajstić information content (AvgIpc) is 2.68. The summed E-state index contributed by atoms with van der Waals surface area (Å²) < 4.78 is 4.86. The lowest BCUT2D eigenvalue weighted by Crippen LogP contribution is -2.25. The summed E-state index contributed by atoms with van der Waals surface area (Å²) in [6, 6.07) is 4.53. The number of ether oxygens (including phenoxy) is 1. The van der Waals surface area contributed by atoms with Gasteiger partial charge in [-0.25, -0.2) is 4.79 Å². The van der Waals surface area contributed by atoms with Crippen LogP contribution in [0.5, 0.6) is 0 Å². The Hall–Kier alpha value is -2.37. The van der Waals surface area contributed by atoms with Gasteiger partial charge in [0.15, 0.2) is 5.78 Å². The molecule has 1 heterocycles. The zero-order chi connectivity index (χ0) is 14.0. The van der Waals surface area contributed by atoms with Crippen molar-refractivity contribution in [2.75, 3.05) is 23.8 Å². The molecule has 1 aromatic rings. The molecule has 0 aliphatic carbocycles. The molecule has 1 fully saturated rings. The van der Waals surface area contributed by atoms with E-state index in [0.717, 1.165) is 0 Å². The van der Waals surface area contributed by atoms with E-state index in [1.54, 1.807) is 13.0 Å². The summed E-state index contributed by atoms with van der Waals surface area (Å²) in [6.45, 7) is 2.02. The van der Waals surface area contributed by atoms with Gasteiger partial charge in [0.05, 0.1) is 36.5 Å². The number of carbonyl (C=O) groups excluding carboxylic acids is 3. The lowest BCUT2D eigenvalue weighted by Gasteiger charge is -2.17. The second-order valence-corrected chi connectivity index (χ2v) is 4.19. The number of Topliss-reactive ketones (excluding diaryl/α,β-unsaturated/α-hetero) is 1. The monoisotopic (exact) mass is 262 g/mol. The van der Waals surface area contributed by atoms with E-state index in [-0.39, 0.29) is 37.0 Å². The Balaban J connectivity index is 2.27. The van der Waals surface area contributed by atoms with E-state index in [4.69, 9.17) is 10.5 Å². The molecule has 1 aliphatic rings. The van der Waals surface area contributed by atoms with Crippen LogP contribution in [0.2, 0.25) is 0 Å². The summed E-state index contributed by atoms with van der Waals surface area (Å²) in [5.41, 5.74) is 6.87. The number of ketones is 1. The van der Waals surface area contributed by atoms with Crippen molar-refractivity contribution in [3.8, 4) is 0 Å². The normalized spacial score (nSPS) is 14.9. The van der Waals surface area contributed by atoms with Gasteiger partial charge in [0.2, 0.25) is 5.91 Å². The van der Waals surface area contributed by atoms with E-state index in [1.807, 2.05) is 0 Å². The molecule has 0 spiro atoms. The standard InChI is InChI=1S/C13H14N2O4/c1-2-19-13(18)8-3-4-11(10(14)5-8)15-7-9(16)6-12(15)17/h3-5H,2,6-7,14H2,1H3. The molecule has 0 radical (unpaired) electrons. The van der Waals surface area contributed by atoms with Gasteiger partial charge in [-0.15, -0.1) is 0 Å². The van der Waals surface area contributed by atoms with E-state index in [0.29, 0.717) is 11.3 Å². The van der Waals surface area contributed by atoms with Crippen molar-refractivity contribution in [3.05, 3.63) is 23.8 Å². The van der Waals surface area contributed by atoms with Crippen LogP contribution in [-0.4, -0.2) is 30.8 Å². The number of hydrogen-bond acceptors (Lipinski definition) is 5. The third-order valence-corrected chi connectivity index (χ3v) is 2.81. The molecule has 0 unspecified atom stereocenters. The van der Waals surface area contributed by atoms with Crippen LogP contribution in [0, 0.1) is 0 Å². The van der Waals surface area contributed by atoms with Crippen molar-refractivity contribution >= 4 is 29.0 Å². The van der Waals surface area contributed by atoms with Gasteiger partial charge in [-0.1, -0.05) is 0 Å². The molecule has 1 aromatic carbocycles. The van der Waals surface area contributed by atoms with Gasteiger partial charge in [-0.05, 0) is 25.1 Å². The molecular weight excluding hydrogens is 248 g/mol. The SMILES string of the molecule is CCOC(=O)c1ccc(N2CC(=O)CC2=O)c(N)c1. The summed E-state index contributed by atoms with van der Waals surface area (Å²) in [6.07, 6.45) is -0.0981. The molecular formula is C13H14N2O4. The zero-order valence-electron chi connectivity index (χ0n) is 10.5. The van der Waals surface area contributed by atoms with Crippen LogP contribution in [0.4, 0.5) is 11.4 Å². The van der Waals surface area contributed by atoms with Gasteiger partial charge >= 0.3 is 5.97 Å². The molecule has 6 heteroatoms. The van der Waals surface area contributed by atoms with Crippen molar-refractivity contribution < 1.29 is 19.1 Å². The minimum Gasteiger partial charge on any atom is -0.462 e. The van der Waals surface area contributed by atoms with Crippen molar-refractivity contribution in [1.29, 1.82) is 0 Å². The number of carbonyl (C=O) groups is 3. The van der Waals surface area contributed by atoms with Crippen LogP contribution in [0.25, 0.3) is 0 Å². The summed E-state index contributed by atoms with van der Waals surface area (Å²) in [5, 5.41) is 0. The molecule has 6 nitrogen and oxygen atoms in total. The van der Waals surface area contributed by atoms with Crippen LogP contribution in [-0.2, 0) is 14.3 Å². The van der Waals surface area contributed by atoms with Crippen molar-refractivity contribution in [3.63, 3.8) is 0 Å². The lowest BCUT2D eigenvalue weighted by molar-refractivity contribution is -0.121. The highest BCUT2D eigenvalue weighted by Gasteiger charge is 2.29. The highest BCUT2D eigenvalue weighted by atomic mass is 16.5. The van der Waals surface area contributed by atoms with Crippen molar-refractivity contribution in [2.24, 2.45) is 0 Å². The Labute approximate surface area is 110 Å². The third kappa shape index (κ3) is 2.57. The number of nitrogen functional groups attached to an aromatic ring is 1. The molecule has 0 saturated carbocycles. The topological polar surface area (TPSA) is 89.7 Å². The summed E-state index contributed by atoms with van der Waals surface area (Å²) in [7, 11) is 0. The number of anilines is 2. The fraction of sp³-hybridized carbons (Fsp3) is 0.308. The number of esters is 1. The largest absolute Gasteiger partial charge is 0.462 e. The number of rotatable bonds is 3. The van der Waals surface area contributed by atoms with E-state index in [1.165, 1.54) is 17.0 Å². The molecule has 2 rings (SSSR count). The molecule has 1 saturated heterocycles. The number of hydrogen-bond donors (Lipinski definition) is 1. The van der Waals surface area contributed by atoms with Gasteiger partial charge in [0.1, 0.15) is 0 Å². The maximum Gasteiger partial charge on any atom is 0.338 e. The van der Waals surface area contributed by atoms with E-state index in [9.17, 15) is 14.4 Å². The van der Waals surface area contributed by atoms with E-state index < -0.39 is 5.97 Å². The molecule has 0 atom stereocenters. The molecule has 1 amide bonds. The molecule has 19 heavy (non-hydrogen) atoms. The summed E-state index contributed by atoms with van der Waals surface area (Å²) in [4.78, 5) is 35.7. The molecule has 0 bridgehead atoms. The van der Waals surface area contributed by atoms with Gasteiger partial charge in [0, 0.05) is 0 Å². The van der Waals surface area contributed by atoms with Gasteiger partial charge in [-0.2, -0.15) is 0 Å². The first-order chi connectivity index (χ1) is 9.02. The highest BCUT2D eigenvalue weighted by Crippen LogP contribution is 2.27. The first kappa shape index (κ1) is 13.1. The average molecular weight is 262 g/mol. The summed E-state index contributed by atoms with van der Waals surface area (Å²) >= 11 is 0. The molecule has 0 aromatic heterocycles. The predicted molar refractivity (Wildman–Crippen MR) is 68.8 cm³/mol. The molecule has 1 aliphatic heterocycles. The van der Waals surface area contributed by atoms with Gasteiger partial charge in [0.25, 0.3) is 0 Å². The maximum atomic E-state index is 11.6. The van der Waals surface area contributed by atoms with Crippen molar-refractivity contribution in [1.82, 2.24) is 0 Å². The Morgan fingerprint density at radius 1 is 1.42 bits per heavy atom. The second-order valence-electron chi connectivity index (χ2n) is 4.19. The highest BCUT2D eigenvalue weighted by molar-refractivity contribution is 6.16. The van der Waals surface area contributed by atoms with Crippen LogP contribution in [0.3, 0.4) is 0 Å². The lowest BCUT2D eigenvalue weighted by atomic mass is 10.1. The quantitative estimate of drug-likeness (QED) is 0.493. The van der Waals surface area contributed by atoms with Crippen LogP contribution in [0.15, 0.2) is 18.2 Å². The van der Waals surface area contributed by atoms with Crippen LogP contribution >= 0.6 is 0 Å². The van der Waals surface area contributed by atoms with Crippen LogP contribution in [0.1, 0.15) is 23.7 Å². The maximum absolute atomic E-state index is 11.6. The minimum absolute atomic E-state index is 0.0296. The Morgan fingerprint density at radius 2 is 2.16 bits per heavy atom. The predicted octanol–water partition coefficient (Wildman–Crippen LogP) is 0.751. The number of nitrogens with zero attached hydrogens (tertiary/aromatic N) is 1. The third-order valence-electron chi connectivity index (χ3n) is 2.81. The minimum atomic E-state index is -0.468. The van der Waals surface area contributed by atoms with Crippen molar-refractivity contribution in [2.45, 2.75) is 13.3 Å². The number of benzene rings is 1. The Bertz CT molecular complexity index is 554. The Morgan fingerprint density at radius 3 is 2.68 bits per heavy atom. The second kappa shape index (κ2) is 5.09. The number of amides is 1. The van der Waals surface area contributed by atoms with E-state index in [2.05, 4.69) is 0 Å². The Kier molecular flexibility index (Phi) is 3.50. The first-order valence-electron chi connectivity index (χ1n) is 5.91. The number of nitrogens with two attached hydrogens (primary N) is 1. The molecule has 100 valence electrons. The van der Waals surface area contributed by atoms with Gasteiger partial charge in [-0.3, -0.25) is 9.59 Å². The zero-order valence-corrected chi connectivity index (χ0v) is 10.5. The molecule has 2 N–H and O–H groups in total. The first-order valence-corrected chi connectivity index (χ1v) is 5.91. The fourth-order valence-electron chi connectivity index (χ4n) is 1.95. The van der Waals surface area contributed by atoms with Gasteiger partial charge < -0.3 is 15.4 Å². The smallest absolute Gasteiger partial charge is 0.338 e. The fourth-order valence-corrected chi connectivity index (χ4v) is 1.95. The van der Waals surface area contributed by atoms with E-state index >= 15 is 0 Å². The summed E-state index contributed by atoms with van der Waals surface area (Å²) in [5.74, 6) is -0.885. The van der Waals surface area contributed by atoms with Crippen LogP contribution < -0.4 is 10.6 Å².